The molecule has 0 aromatic heterocycles. The summed E-state index contributed by atoms with van der Waals surface area (Å²) >= 11 is 3.33. The van der Waals surface area contributed by atoms with Crippen LogP contribution < -0.4 is 14.8 Å². The SMILES string of the molecule is CC(C)(C)c1ccc(S(=O)(=O)Nc2ccc(Br)cc2C(=O)NC(Cc2ccc(-c3ccc(Oc4ccccc4)cc3)cc2)C(=O)O)cc1. The van der Waals surface area contributed by atoms with Gasteiger partial charge >= 0.3 is 5.97 Å². The van der Waals surface area contributed by atoms with Crippen molar-refractivity contribution in [1.82, 2.24) is 5.32 Å². The van der Waals surface area contributed by atoms with Gasteiger partial charge < -0.3 is 15.2 Å². The van der Waals surface area contributed by atoms with Crippen LogP contribution in [0.3, 0.4) is 0 Å². The highest BCUT2D eigenvalue weighted by Gasteiger charge is 2.25. The van der Waals surface area contributed by atoms with E-state index in [0.717, 1.165) is 22.4 Å². The first-order valence-electron chi connectivity index (χ1n) is 15.2. The first-order valence-corrected chi connectivity index (χ1v) is 17.4. The maximum atomic E-state index is 13.4. The number of rotatable bonds is 11. The normalized spacial score (nSPS) is 12.2. The zero-order chi connectivity index (χ0) is 34.5. The third kappa shape index (κ3) is 8.70. The summed E-state index contributed by atoms with van der Waals surface area (Å²) in [7, 11) is -4.05. The molecule has 0 saturated heterocycles. The number of sulfonamides is 1. The van der Waals surface area contributed by atoms with Gasteiger partial charge in [-0.3, -0.25) is 9.52 Å². The number of para-hydroxylation sites is 1. The Morgan fingerprint density at radius 2 is 1.38 bits per heavy atom. The zero-order valence-corrected chi connectivity index (χ0v) is 29.0. The van der Waals surface area contributed by atoms with Gasteiger partial charge in [0.15, 0.2) is 0 Å². The fourth-order valence-corrected chi connectivity index (χ4v) is 6.42. The number of carbonyl (C=O) groups is 2. The first kappa shape index (κ1) is 34.4. The maximum Gasteiger partial charge on any atom is 0.326 e. The summed E-state index contributed by atoms with van der Waals surface area (Å²) in [5.74, 6) is -0.511. The number of ether oxygens (including phenoxy) is 1. The second-order valence-electron chi connectivity index (χ2n) is 12.3. The molecule has 0 aliphatic carbocycles. The maximum absolute atomic E-state index is 13.4. The number of benzene rings is 5. The van der Waals surface area contributed by atoms with E-state index in [2.05, 4.69) is 26.0 Å². The number of carboxylic acids is 1. The average molecular weight is 728 g/mol. The van der Waals surface area contributed by atoms with Crippen LogP contribution in [0.5, 0.6) is 11.5 Å². The summed E-state index contributed by atoms with van der Waals surface area (Å²) in [6.07, 6.45) is 0.0143. The van der Waals surface area contributed by atoms with Gasteiger partial charge in [0.1, 0.15) is 17.5 Å². The molecule has 0 bridgehead atoms. The Kier molecular flexibility index (Phi) is 10.4. The smallest absolute Gasteiger partial charge is 0.326 e. The van der Waals surface area contributed by atoms with Crippen LogP contribution in [0.4, 0.5) is 5.69 Å². The van der Waals surface area contributed by atoms with Crippen LogP contribution in [-0.2, 0) is 26.7 Å². The van der Waals surface area contributed by atoms with E-state index in [1.165, 1.54) is 24.3 Å². The molecule has 8 nitrogen and oxygen atoms in total. The summed E-state index contributed by atoms with van der Waals surface area (Å²) < 4.78 is 35.4. The Hall–Kier alpha value is -4.93. The Morgan fingerprint density at radius 1 is 0.792 bits per heavy atom. The minimum absolute atomic E-state index is 0.0143. The second kappa shape index (κ2) is 14.5. The lowest BCUT2D eigenvalue weighted by atomic mass is 9.87. The van der Waals surface area contributed by atoms with Gasteiger partial charge in [0, 0.05) is 10.9 Å². The van der Waals surface area contributed by atoms with E-state index in [-0.39, 0.29) is 28.0 Å². The molecule has 10 heteroatoms. The highest BCUT2D eigenvalue weighted by Crippen LogP contribution is 2.28. The predicted octanol–water partition coefficient (Wildman–Crippen LogP) is 8.43. The molecular weight excluding hydrogens is 692 g/mol. The molecule has 1 unspecified atom stereocenters. The molecule has 0 radical (unpaired) electrons. The fraction of sp³-hybridized carbons (Fsp3) is 0.158. The third-order valence-corrected chi connectivity index (χ3v) is 9.54. The molecule has 48 heavy (non-hydrogen) atoms. The van der Waals surface area contributed by atoms with Crippen molar-refractivity contribution in [2.24, 2.45) is 0 Å². The van der Waals surface area contributed by atoms with Crippen LogP contribution in [0, 0.1) is 0 Å². The van der Waals surface area contributed by atoms with E-state index in [0.29, 0.717) is 15.8 Å². The lowest BCUT2D eigenvalue weighted by Gasteiger charge is -2.20. The Labute approximate surface area is 289 Å². The summed E-state index contributed by atoms with van der Waals surface area (Å²) in [5.41, 5.74) is 3.40. The number of carboxylic acid groups (broad SMARTS) is 1. The number of nitrogens with one attached hydrogen (secondary N) is 2. The van der Waals surface area contributed by atoms with Gasteiger partial charge in [-0.15, -0.1) is 0 Å². The van der Waals surface area contributed by atoms with Gasteiger partial charge in [0.2, 0.25) is 0 Å². The van der Waals surface area contributed by atoms with E-state index >= 15 is 0 Å². The Morgan fingerprint density at radius 3 is 1.96 bits per heavy atom. The molecule has 0 fully saturated rings. The molecule has 5 aromatic carbocycles. The number of amides is 1. The molecule has 0 heterocycles. The molecule has 3 N–H and O–H groups in total. The monoisotopic (exact) mass is 726 g/mol. The number of anilines is 1. The second-order valence-corrected chi connectivity index (χ2v) is 14.9. The summed E-state index contributed by atoms with van der Waals surface area (Å²) in [4.78, 5) is 25.7. The van der Waals surface area contributed by atoms with E-state index in [1.807, 2.05) is 99.6 Å². The standard InChI is InChI=1S/C38H35BrN2O6S/c1-38(2,3)28-15-20-32(21-16-28)48(45,46)41-34-22-17-29(39)24-33(34)36(42)40-35(37(43)44)23-25-9-11-26(12-10-25)27-13-18-31(19-14-27)47-30-7-5-4-6-8-30/h4-22,24,35,41H,23H2,1-3H3,(H,40,42)(H,43,44). The van der Waals surface area contributed by atoms with Crippen LogP contribution >= 0.6 is 15.9 Å². The molecule has 0 aliphatic rings. The average Bonchev–Trinajstić information content (AvgIpc) is 3.06. The zero-order valence-electron chi connectivity index (χ0n) is 26.6. The highest BCUT2D eigenvalue weighted by atomic mass is 79.9. The van der Waals surface area contributed by atoms with Crippen molar-refractivity contribution in [2.75, 3.05) is 4.72 Å². The van der Waals surface area contributed by atoms with E-state index < -0.39 is 27.9 Å². The minimum Gasteiger partial charge on any atom is -0.480 e. The van der Waals surface area contributed by atoms with Crippen LogP contribution in [-0.4, -0.2) is 31.4 Å². The van der Waals surface area contributed by atoms with Crippen molar-refractivity contribution < 1.29 is 27.9 Å². The molecular formula is C38H35BrN2O6S. The van der Waals surface area contributed by atoms with Crippen LogP contribution in [0.1, 0.15) is 42.3 Å². The number of halogens is 1. The molecule has 246 valence electrons. The quantitative estimate of drug-likeness (QED) is 0.126. The van der Waals surface area contributed by atoms with Gasteiger partial charge in [-0.2, -0.15) is 0 Å². The van der Waals surface area contributed by atoms with Crippen molar-refractivity contribution in [3.8, 4) is 22.6 Å². The summed E-state index contributed by atoms with van der Waals surface area (Å²) in [6, 6.07) is 34.3. The summed E-state index contributed by atoms with van der Waals surface area (Å²) in [5, 5.41) is 12.5. The Balaban J connectivity index is 1.27. The molecule has 1 atom stereocenters. The molecule has 0 saturated carbocycles. The van der Waals surface area contributed by atoms with Crippen molar-refractivity contribution in [3.05, 3.63) is 142 Å². The van der Waals surface area contributed by atoms with E-state index in [9.17, 15) is 23.1 Å². The van der Waals surface area contributed by atoms with Gasteiger partial charge in [-0.05, 0) is 82.3 Å². The lowest BCUT2D eigenvalue weighted by molar-refractivity contribution is -0.139. The van der Waals surface area contributed by atoms with Crippen molar-refractivity contribution in [1.29, 1.82) is 0 Å². The van der Waals surface area contributed by atoms with E-state index in [1.54, 1.807) is 18.2 Å². The van der Waals surface area contributed by atoms with Crippen molar-refractivity contribution >= 4 is 43.5 Å². The van der Waals surface area contributed by atoms with Crippen LogP contribution in [0.2, 0.25) is 0 Å². The molecule has 5 rings (SSSR count). The van der Waals surface area contributed by atoms with Gasteiger partial charge in [0.05, 0.1) is 16.1 Å². The lowest BCUT2D eigenvalue weighted by Crippen LogP contribution is -2.42. The van der Waals surface area contributed by atoms with Crippen LogP contribution in [0.25, 0.3) is 11.1 Å². The fourth-order valence-electron chi connectivity index (χ4n) is 4.98. The van der Waals surface area contributed by atoms with Crippen LogP contribution in [0.15, 0.2) is 131 Å². The number of aliphatic carboxylic acids is 1. The molecule has 0 aliphatic heterocycles. The van der Waals surface area contributed by atoms with Crippen molar-refractivity contribution in [2.45, 2.75) is 43.5 Å². The molecule has 5 aromatic rings. The number of hydrogen-bond donors (Lipinski definition) is 3. The topological polar surface area (TPSA) is 122 Å². The van der Waals surface area contributed by atoms with Gasteiger partial charge in [0.25, 0.3) is 15.9 Å². The van der Waals surface area contributed by atoms with Gasteiger partial charge in [-0.25, -0.2) is 13.2 Å². The first-order chi connectivity index (χ1) is 22.8. The Bertz CT molecular complexity index is 2010. The molecule has 0 spiro atoms. The third-order valence-electron chi connectivity index (χ3n) is 7.66. The highest BCUT2D eigenvalue weighted by molar-refractivity contribution is 9.10. The van der Waals surface area contributed by atoms with Crippen molar-refractivity contribution in [3.63, 3.8) is 0 Å². The predicted molar refractivity (Wildman–Crippen MR) is 191 cm³/mol. The number of hydrogen-bond acceptors (Lipinski definition) is 5. The largest absolute Gasteiger partial charge is 0.480 e. The molecule has 1 amide bonds. The minimum atomic E-state index is -4.05. The summed E-state index contributed by atoms with van der Waals surface area (Å²) in [6.45, 7) is 6.10. The van der Waals surface area contributed by atoms with Gasteiger partial charge in [-0.1, -0.05) is 103 Å². The number of carbonyl (C=O) groups excluding carboxylic acids is 1. The van der Waals surface area contributed by atoms with E-state index in [4.69, 9.17) is 4.74 Å².